The lowest BCUT2D eigenvalue weighted by molar-refractivity contribution is 0.102. The molecule has 0 radical (unpaired) electrons. The Morgan fingerprint density at radius 1 is 1.16 bits per heavy atom. The van der Waals surface area contributed by atoms with Crippen molar-refractivity contribution in [1.82, 2.24) is 14.9 Å². The molecule has 2 aromatic heterocycles. The van der Waals surface area contributed by atoms with E-state index in [0.29, 0.717) is 0 Å². The molecular formula is C18H24N4OS2. The first-order valence-corrected chi connectivity index (χ1v) is 10.5. The summed E-state index contributed by atoms with van der Waals surface area (Å²) in [5, 5.41) is 0. The molecular weight excluding hydrogens is 352 g/mol. The van der Waals surface area contributed by atoms with Crippen LogP contribution in [0.25, 0.3) is 0 Å². The third-order valence-electron chi connectivity index (χ3n) is 4.25. The maximum absolute atomic E-state index is 11.3. The Morgan fingerprint density at radius 3 is 2.60 bits per heavy atom. The van der Waals surface area contributed by atoms with Crippen LogP contribution in [-0.2, 0) is 0 Å². The van der Waals surface area contributed by atoms with Gasteiger partial charge in [-0.3, -0.25) is 9.69 Å². The summed E-state index contributed by atoms with van der Waals surface area (Å²) in [4.78, 5) is 25.6. The van der Waals surface area contributed by atoms with Crippen LogP contribution in [0.5, 0.6) is 0 Å². The predicted octanol–water partition coefficient (Wildman–Crippen LogP) is 3.44. The lowest BCUT2D eigenvalue weighted by atomic mass is 10.2. The Balaban J connectivity index is 1.29. The highest BCUT2D eigenvalue weighted by molar-refractivity contribution is 8.01. The van der Waals surface area contributed by atoms with Gasteiger partial charge in [0.1, 0.15) is 0 Å². The van der Waals surface area contributed by atoms with E-state index in [0.717, 1.165) is 49.3 Å². The van der Waals surface area contributed by atoms with E-state index < -0.39 is 0 Å². The average Bonchev–Trinajstić information content (AvgIpc) is 3.12. The van der Waals surface area contributed by atoms with Crippen molar-refractivity contribution in [2.75, 3.05) is 43.4 Å². The molecule has 0 unspecified atom stereocenters. The number of unbranched alkanes of at least 4 members (excludes halogenated alkanes) is 1. The molecule has 3 rings (SSSR count). The fourth-order valence-corrected chi connectivity index (χ4v) is 4.92. The van der Waals surface area contributed by atoms with E-state index in [-0.39, 0.29) is 5.78 Å². The van der Waals surface area contributed by atoms with Gasteiger partial charge in [-0.15, -0.1) is 23.1 Å². The van der Waals surface area contributed by atoms with Crippen LogP contribution in [0, 0.1) is 0 Å². The number of rotatable bonds is 8. The van der Waals surface area contributed by atoms with Crippen molar-refractivity contribution >= 4 is 34.8 Å². The number of Topliss-reactive ketones (excluding diaryl/α,β-unsaturated/α-hetero) is 1. The summed E-state index contributed by atoms with van der Waals surface area (Å²) in [5.41, 5.74) is 0. The number of hydrogen-bond acceptors (Lipinski definition) is 7. The topological polar surface area (TPSA) is 49.3 Å². The van der Waals surface area contributed by atoms with Gasteiger partial charge in [-0.05, 0) is 50.3 Å². The maximum atomic E-state index is 11.3. The fourth-order valence-electron chi connectivity index (χ4n) is 2.82. The quantitative estimate of drug-likeness (QED) is 0.400. The highest BCUT2D eigenvalue weighted by Gasteiger charge is 2.18. The first-order valence-electron chi connectivity index (χ1n) is 8.70. The molecule has 1 fully saturated rings. The summed E-state index contributed by atoms with van der Waals surface area (Å²) in [6, 6.07) is 5.86. The van der Waals surface area contributed by atoms with Crippen LogP contribution in [0.1, 0.15) is 29.4 Å². The molecule has 1 aliphatic rings. The van der Waals surface area contributed by atoms with Crippen molar-refractivity contribution < 1.29 is 4.79 Å². The monoisotopic (exact) mass is 376 g/mol. The zero-order valence-corrected chi connectivity index (χ0v) is 16.2. The zero-order valence-electron chi connectivity index (χ0n) is 14.6. The van der Waals surface area contributed by atoms with E-state index >= 15 is 0 Å². The smallest absolute Gasteiger partial charge is 0.225 e. The van der Waals surface area contributed by atoms with E-state index in [2.05, 4.69) is 25.8 Å². The molecule has 0 amide bonds. The zero-order chi connectivity index (χ0) is 17.5. The number of anilines is 1. The summed E-state index contributed by atoms with van der Waals surface area (Å²) < 4.78 is 1.25. The second-order valence-electron chi connectivity index (χ2n) is 6.11. The van der Waals surface area contributed by atoms with Gasteiger partial charge in [-0.2, -0.15) is 0 Å². The largest absolute Gasteiger partial charge is 0.338 e. The highest BCUT2D eigenvalue weighted by Crippen LogP contribution is 2.28. The van der Waals surface area contributed by atoms with E-state index in [1.54, 1.807) is 30.7 Å². The number of carbonyl (C=O) groups excluding carboxylic acids is 1. The van der Waals surface area contributed by atoms with Gasteiger partial charge in [-0.1, -0.05) is 0 Å². The molecule has 0 N–H and O–H groups in total. The second kappa shape index (κ2) is 9.31. The van der Waals surface area contributed by atoms with E-state index in [4.69, 9.17) is 0 Å². The minimum Gasteiger partial charge on any atom is -0.338 e. The van der Waals surface area contributed by atoms with E-state index in [9.17, 15) is 4.79 Å². The van der Waals surface area contributed by atoms with Crippen LogP contribution in [0.4, 0.5) is 5.95 Å². The van der Waals surface area contributed by atoms with Gasteiger partial charge in [0.15, 0.2) is 5.78 Å². The van der Waals surface area contributed by atoms with Gasteiger partial charge >= 0.3 is 0 Å². The van der Waals surface area contributed by atoms with Crippen molar-refractivity contribution in [1.29, 1.82) is 0 Å². The average molecular weight is 377 g/mol. The molecule has 1 saturated heterocycles. The molecule has 134 valence electrons. The molecule has 0 atom stereocenters. The van der Waals surface area contributed by atoms with Gasteiger partial charge in [0.2, 0.25) is 5.95 Å². The number of thioether (sulfide) groups is 1. The molecule has 0 aromatic carbocycles. The van der Waals surface area contributed by atoms with Crippen LogP contribution in [0.15, 0.2) is 34.8 Å². The van der Waals surface area contributed by atoms with Crippen molar-refractivity contribution in [3.8, 4) is 0 Å². The Hall–Kier alpha value is -1.44. The normalized spacial score (nSPS) is 15.5. The van der Waals surface area contributed by atoms with Crippen LogP contribution >= 0.6 is 23.1 Å². The van der Waals surface area contributed by atoms with Crippen molar-refractivity contribution in [2.24, 2.45) is 0 Å². The Morgan fingerprint density at radius 2 is 1.92 bits per heavy atom. The van der Waals surface area contributed by atoms with Crippen LogP contribution in [-0.4, -0.2) is 59.1 Å². The van der Waals surface area contributed by atoms with Crippen LogP contribution in [0.3, 0.4) is 0 Å². The third kappa shape index (κ3) is 5.52. The Bertz CT molecular complexity index is 669. The lowest BCUT2D eigenvalue weighted by Crippen LogP contribution is -2.47. The molecule has 2 aromatic rings. The van der Waals surface area contributed by atoms with Gasteiger partial charge in [-0.25, -0.2) is 9.97 Å². The Kier molecular flexibility index (Phi) is 6.84. The minimum absolute atomic E-state index is 0.164. The van der Waals surface area contributed by atoms with Gasteiger partial charge < -0.3 is 4.90 Å². The predicted molar refractivity (Wildman–Crippen MR) is 105 cm³/mol. The van der Waals surface area contributed by atoms with Gasteiger partial charge in [0.25, 0.3) is 0 Å². The van der Waals surface area contributed by atoms with Crippen LogP contribution in [0.2, 0.25) is 0 Å². The fraction of sp³-hybridized carbons (Fsp3) is 0.500. The molecule has 0 saturated carbocycles. The molecule has 0 spiro atoms. The first-order chi connectivity index (χ1) is 12.2. The van der Waals surface area contributed by atoms with Crippen molar-refractivity contribution in [3.63, 3.8) is 0 Å². The summed E-state index contributed by atoms with van der Waals surface area (Å²) in [6.45, 7) is 6.96. The van der Waals surface area contributed by atoms with Gasteiger partial charge in [0.05, 0.1) is 9.09 Å². The number of piperazine rings is 1. The summed E-state index contributed by atoms with van der Waals surface area (Å²) >= 11 is 3.48. The highest BCUT2D eigenvalue weighted by atomic mass is 32.2. The lowest BCUT2D eigenvalue weighted by Gasteiger charge is -2.34. The number of nitrogens with zero attached hydrogens (tertiary/aromatic N) is 4. The molecule has 3 heterocycles. The maximum Gasteiger partial charge on any atom is 0.225 e. The second-order valence-corrected chi connectivity index (χ2v) is 8.59. The third-order valence-corrected chi connectivity index (χ3v) is 6.75. The molecule has 0 aliphatic carbocycles. The van der Waals surface area contributed by atoms with E-state index in [1.165, 1.54) is 17.1 Å². The van der Waals surface area contributed by atoms with Crippen molar-refractivity contribution in [2.45, 2.75) is 24.0 Å². The number of aromatic nitrogens is 2. The first kappa shape index (κ1) is 18.4. The van der Waals surface area contributed by atoms with E-state index in [1.807, 2.05) is 23.9 Å². The molecule has 7 heteroatoms. The van der Waals surface area contributed by atoms with Crippen LogP contribution < -0.4 is 4.90 Å². The number of thiophene rings is 1. The molecule has 1 aliphatic heterocycles. The number of hydrogen-bond donors (Lipinski definition) is 0. The standard InChI is InChI=1S/C18H24N4OS2/c1-15(23)16-5-6-17(25-16)24-14-3-2-9-21-10-12-22(13-11-21)18-19-7-4-8-20-18/h4-8H,2-3,9-14H2,1H3. The SMILES string of the molecule is CC(=O)c1ccc(SCCCCN2CCN(c3ncccn3)CC2)s1. The Labute approximate surface area is 157 Å². The summed E-state index contributed by atoms with van der Waals surface area (Å²) in [5.74, 6) is 2.13. The molecule has 0 bridgehead atoms. The summed E-state index contributed by atoms with van der Waals surface area (Å²) in [6.07, 6.45) is 6.04. The van der Waals surface area contributed by atoms with Crippen molar-refractivity contribution in [3.05, 3.63) is 35.5 Å². The molecule has 25 heavy (non-hydrogen) atoms. The number of carbonyl (C=O) groups is 1. The molecule has 5 nitrogen and oxygen atoms in total. The van der Waals surface area contributed by atoms with Gasteiger partial charge in [0, 0.05) is 38.6 Å². The summed E-state index contributed by atoms with van der Waals surface area (Å²) in [7, 11) is 0. The number of ketones is 1. The minimum atomic E-state index is 0.164.